The minimum atomic E-state index is -0.668. The molecular weight excluding hydrogens is 470 g/mol. The van der Waals surface area contributed by atoms with Crippen LogP contribution in [-0.4, -0.2) is 56.2 Å². The summed E-state index contributed by atoms with van der Waals surface area (Å²) in [5.41, 5.74) is 3.59. The van der Waals surface area contributed by atoms with Crippen molar-refractivity contribution >= 4 is 28.4 Å². The quantitative estimate of drug-likeness (QED) is 0.365. The highest BCUT2D eigenvalue weighted by Gasteiger charge is 2.44. The number of benzene rings is 3. The topological polar surface area (TPSA) is 92.9 Å². The fourth-order valence-electron chi connectivity index (χ4n) is 5.13. The van der Waals surface area contributed by atoms with E-state index in [0.717, 1.165) is 16.5 Å². The van der Waals surface area contributed by atoms with Crippen LogP contribution in [-0.2, 0) is 9.53 Å². The van der Waals surface area contributed by atoms with E-state index in [0.29, 0.717) is 41.5 Å². The number of aromatic nitrogens is 1. The molecule has 0 radical (unpaired) electrons. The number of rotatable bonds is 8. The molecule has 0 saturated heterocycles. The Morgan fingerprint density at radius 3 is 2.49 bits per heavy atom. The smallest absolute Gasteiger partial charge is 0.254 e. The van der Waals surface area contributed by atoms with Crippen LogP contribution >= 0.6 is 0 Å². The van der Waals surface area contributed by atoms with Gasteiger partial charge in [0.15, 0.2) is 11.5 Å². The van der Waals surface area contributed by atoms with E-state index in [1.807, 2.05) is 48.7 Å². The molecule has 4 aromatic rings. The number of amides is 2. The number of nitrogens with one attached hydrogen (secondary N) is 2. The van der Waals surface area contributed by atoms with Crippen LogP contribution in [0.2, 0.25) is 0 Å². The van der Waals surface area contributed by atoms with Crippen LogP contribution in [0.25, 0.3) is 10.9 Å². The van der Waals surface area contributed by atoms with Gasteiger partial charge in [0.1, 0.15) is 0 Å². The Labute approximate surface area is 215 Å². The monoisotopic (exact) mass is 499 g/mol. The molecule has 2 amide bonds. The fourth-order valence-corrected chi connectivity index (χ4v) is 5.13. The van der Waals surface area contributed by atoms with Crippen LogP contribution in [0.4, 0.5) is 5.69 Å². The number of ether oxygens (including phenoxy) is 3. The first-order valence-electron chi connectivity index (χ1n) is 12.0. The second kappa shape index (κ2) is 10.4. The Balaban J connectivity index is 1.64. The van der Waals surface area contributed by atoms with Crippen molar-refractivity contribution in [1.82, 2.24) is 9.88 Å². The Bertz CT molecular complexity index is 1450. The number of para-hydroxylation sites is 1. The zero-order valence-electron chi connectivity index (χ0n) is 21.0. The van der Waals surface area contributed by atoms with Gasteiger partial charge in [-0.05, 0) is 29.8 Å². The van der Waals surface area contributed by atoms with Gasteiger partial charge >= 0.3 is 0 Å². The van der Waals surface area contributed by atoms with Crippen molar-refractivity contribution in [3.63, 3.8) is 0 Å². The minimum Gasteiger partial charge on any atom is -0.493 e. The lowest BCUT2D eigenvalue weighted by Crippen LogP contribution is -2.47. The predicted molar refractivity (Wildman–Crippen MR) is 141 cm³/mol. The van der Waals surface area contributed by atoms with E-state index in [4.69, 9.17) is 14.2 Å². The summed E-state index contributed by atoms with van der Waals surface area (Å²) in [7, 11) is 4.71. The van der Waals surface area contributed by atoms with Crippen molar-refractivity contribution in [3.8, 4) is 11.5 Å². The number of fused-ring (bicyclic) bond motifs is 2. The van der Waals surface area contributed by atoms with Gasteiger partial charge in [-0.15, -0.1) is 0 Å². The molecule has 0 fully saturated rings. The summed E-state index contributed by atoms with van der Waals surface area (Å²) in [6, 6.07) is 19.9. The lowest BCUT2D eigenvalue weighted by atomic mass is 9.79. The first kappa shape index (κ1) is 24.4. The molecule has 2 heterocycles. The Morgan fingerprint density at radius 2 is 1.70 bits per heavy atom. The number of aromatic amines is 1. The highest BCUT2D eigenvalue weighted by molar-refractivity contribution is 6.05. The highest BCUT2D eigenvalue weighted by atomic mass is 16.5. The minimum absolute atomic E-state index is 0.127. The summed E-state index contributed by atoms with van der Waals surface area (Å²) in [5.74, 6) is 0.0481. The van der Waals surface area contributed by atoms with E-state index in [9.17, 15) is 9.59 Å². The third kappa shape index (κ3) is 4.40. The largest absolute Gasteiger partial charge is 0.493 e. The zero-order chi connectivity index (χ0) is 25.9. The van der Waals surface area contributed by atoms with E-state index in [2.05, 4.69) is 10.3 Å². The number of methoxy groups -OCH3 is 3. The molecule has 0 bridgehead atoms. The van der Waals surface area contributed by atoms with Crippen LogP contribution in [0.1, 0.15) is 33.4 Å². The lowest BCUT2D eigenvalue weighted by Gasteiger charge is -2.41. The number of carbonyl (C=O) groups is 2. The average molecular weight is 500 g/mol. The van der Waals surface area contributed by atoms with Crippen molar-refractivity contribution in [1.29, 1.82) is 0 Å². The Kier molecular flexibility index (Phi) is 6.83. The number of hydrogen-bond donors (Lipinski definition) is 2. The van der Waals surface area contributed by atoms with E-state index in [1.54, 1.807) is 50.5 Å². The van der Waals surface area contributed by atoms with Crippen molar-refractivity contribution in [3.05, 3.63) is 89.6 Å². The summed E-state index contributed by atoms with van der Waals surface area (Å²) in [6.45, 7) is 0.685. The van der Waals surface area contributed by atoms with Gasteiger partial charge in [-0.1, -0.05) is 36.4 Å². The van der Waals surface area contributed by atoms with Crippen LogP contribution in [0.15, 0.2) is 72.9 Å². The van der Waals surface area contributed by atoms with E-state index in [1.165, 1.54) is 0 Å². The summed E-state index contributed by atoms with van der Waals surface area (Å²) >= 11 is 0. The molecule has 8 nitrogen and oxygen atoms in total. The van der Waals surface area contributed by atoms with Crippen molar-refractivity contribution in [2.75, 3.05) is 39.8 Å². The first-order valence-corrected chi connectivity index (χ1v) is 12.0. The molecule has 1 aromatic heterocycles. The fraction of sp³-hybridized carbons (Fsp3) is 0.241. The highest BCUT2D eigenvalue weighted by Crippen LogP contribution is 2.45. The molecule has 190 valence electrons. The van der Waals surface area contributed by atoms with Crippen molar-refractivity contribution in [2.24, 2.45) is 0 Å². The molecule has 2 atom stereocenters. The third-order valence-corrected chi connectivity index (χ3v) is 6.85. The van der Waals surface area contributed by atoms with Crippen LogP contribution in [0, 0.1) is 0 Å². The van der Waals surface area contributed by atoms with Gasteiger partial charge in [0.05, 0.1) is 32.8 Å². The standard InChI is InChI=1S/C29H29N3O5/c1-35-15-14-32-27(22-17-30-23-11-7-6-8-19(22)23)26(20-9-4-5-10-21(20)29(32)34)28(33)31-18-12-13-24(36-2)25(16-18)37-3/h4-13,16-17,26-27,30H,14-15H2,1-3H3,(H,31,33). The lowest BCUT2D eigenvalue weighted by molar-refractivity contribution is -0.119. The van der Waals surface area contributed by atoms with Gasteiger partial charge < -0.3 is 29.4 Å². The number of anilines is 1. The number of hydrogen-bond acceptors (Lipinski definition) is 5. The van der Waals surface area contributed by atoms with Gasteiger partial charge in [-0.3, -0.25) is 9.59 Å². The first-order chi connectivity index (χ1) is 18.1. The molecule has 0 aliphatic carbocycles. The second-order valence-electron chi connectivity index (χ2n) is 8.85. The molecule has 1 aliphatic rings. The number of H-pyrrole nitrogens is 1. The molecular formula is C29H29N3O5. The Morgan fingerprint density at radius 1 is 0.946 bits per heavy atom. The van der Waals surface area contributed by atoms with Crippen LogP contribution in [0.3, 0.4) is 0 Å². The molecule has 2 unspecified atom stereocenters. The average Bonchev–Trinajstić information content (AvgIpc) is 3.36. The molecule has 2 N–H and O–H groups in total. The molecule has 5 rings (SSSR count). The van der Waals surface area contributed by atoms with Crippen LogP contribution < -0.4 is 14.8 Å². The summed E-state index contributed by atoms with van der Waals surface area (Å²) in [6.07, 6.45) is 1.90. The molecule has 37 heavy (non-hydrogen) atoms. The summed E-state index contributed by atoms with van der Waals surface area (Å²) in [5, 5.41) is 4.02. The molecule has 8 heteroatoms. The molecule has 0 saturated carbocycles. The second-order valence-corrected chi connectivity index (χ2v) is 8.85. The maximum absolute atomic E-state index is 14.1. The Hall–Kier alpha value is -4.30. The molecule has 1 aliphatic heterocycles. The normalized spacial score (nSPS) is 16.9. The molecule has 3 aromatic carbocycles. The summed E-state index contributed by atoms with van der Waals surface area (Å²) in [4.78, 5) is 32.9. The van der Waals surface area contributed by atoms with E-state index in [-0.39, 0.29) is 11.8 Å². The van der Waals surface area contributed by atoms with Gasteiger partial charge in [-0.2, -0.15) is 0 Å². The van der Waals surface area contributed by atoms with Gasteiger partial charge in [0.2, 0.25) is 5.91 Å². The zero-order valence-corrected chi connectivity index (χ0v) is 21.0. The molecule has 0 spiro atoms. The van der Waals surface area contributed by atoms with Crippen molar-refractivity contribution < 1.29 is 23.8 Å². The van der Waals surface area contributed by atoms with Gasteiger partial charge in [0, 0.05) is 53.6 Å². The van der Waals surface area contributed by atoms with E-state index >= 15 is 0 Å². The maximum atomic E-state index is 14.1. The predicted octanol–water partition coefficient (Wildman–Crippen LogP) is 4.75. The number of nitrogens with zero attached hydrogens (tertiary/aromatic N) is 1. The van der Waals surface area contributed by atoms with E-state index < -0.39 is 12.0 Å². The third-order valence-electron chi connectivity index (χ3n) is 6.85. The van der Waals surface area contributed by atoms with Gasteiger partial charge in [0.25, 0.3) is 5.91 Å². The van der Waals surface area contributed by atoms with Crippen molar-refractivity contribution in [2.45, 2.75) is 12.0 Å². The van der Waals surface area contributed by atoms with Gasteiger partial charge in [-0.25, -0.2) is 0 Å². The van der Waals surface area contributed by atoms with Crippen LogP contribution in [0.5, 0.6) is 11.5 Å². The summed E-state index contributed by atoms with van der Waals surface area (Å²) < 4.78 is 16.1. The number of carbonyl (C=O) groups excluding carboxylic acids is 2. The SMILES string of the molecule is COCCN1C(=O)c2ccccc2C(C(=O)Nc2ccc(OC)c(OC)c2)C1c1c[nH]c2ccccc12. The maximum Gasteiger partial charge on any atom is 0.254 e.